The van der Waals surface area contributed by atoms with Gasteiger partial charge in [0.15, 0.2) is 0 Å². The Morgan fingerprint density at radius 3 is 2.65 bits per heavy atom. The predicted molar refractivity (Wildman–Crippen MR) is 65.0 cm³/mol. The van der Waals surface area contributed by atoms with Gasteiger partial charge in [-0.05, 0) is 31.4 Å². The number of aromatic nitrogens is 1. The van der Waals surface area contributed by atoms with Crippen molar-refractivity contribution in [1.29, 1.82) is 0 Å². The molecule has 0 bridgehead atoms. The van der Waals surface area contributed by atoms with E-state index >= 15 is 0 Å². The minimum atomic E-state index is -0.935. The summed E-state index contributed by atoms with van der Waals surface area (Å²) in [5.74, 6) is 0.216. The van der Waals surface area contributed by atoms with Gasteiger partial charge in [-0.1, -0.05) is 32.1 Å². The van der Waals surface area contributed by atoms with Crippen LogP contribution in [-0.2, 0) is 5.60 Å². The van der Waals surface area contributed by atoms with Crippen molar-refractivity contribution in [3.8, 4) is 0 Å². The Morgan fingerprint density at radius 2 is 2.06 bits per heavy atom. The molecule has 0 aliphatic heterocycles. The Morgan fingerprint density at radius 1 is 1.35 bits per heavy atom. The molecular weight excluding hydrogens is 217 g/mol. The van der Waals surface area contributed by atoms with E-state index in [1.807, 2.05) is 0 Å². The summed E-state index contributed by atoms with van der Waals surface area (Å²) < 4.78 is 12.8. The molecule has 2 rings (SSSR count). The van der Waals surface area contributed by atoms with E-state index in [0.29, 0.717) is 11.6 Å². The highest BCUT2D eigenvalue weighted by Gasteiger charge is 2.29. The van der Waals surface area contributed by atoms with Gasteiger partial charge in [-0.3, -0.25) is 4.98 Å². The highest BCUT2D eigenvalue weighted by molar-refractivity contribution is 5.12. The van der Waals surface area contributed by atoms with Crippen LogP contribution in [0, 0.1) is 11.7 Å². The maximum atomic E-state index is 12.8. The monoisotopic (exact) mass is 237 g/mol. The molecular formula is C14H20FNO. The second-order valence-electron chi connectivity index (χ2n) is 5.34. The molecule has 1 aromatic heterocycles. The first kappa shape index (κ1) is 12.5. The average molecular weight is 237 g/mol. The normalized spacial score (nSPS) is 21.1. The molecule has 0 radical (unpaired) electrons. The van der Waals surface area contributed by atoms with Gasteiger partial charge in [-0.25, -0.2) is 4.39 Å². The Kier molecular flexibility index (Phi) is 3.77. The molecule has 1 aliphatic carbocycles. The van der Waals surface area contributed by atoms with Crippen LogP contribution in [0.1, 0.15) is 51.1 Å². The minimum Gasteiger partial charge on any atom is -0.384 e. The maximum Gasteiger partial charge on any atom is 0.141 e. The Balaban J connectivity index is 2.04. The van der Waals surface area contributed by atoms with Crippen LogP contribution in [0.5, 0.6) is 0 Å². The molecule has 0 spiro atoms. The molecule has 3 heteroatoms. The van der Waals surface area contributed by atoms with Crippen LogP contribution in [0.2, 0.25) is 0 Å². The van der Waals surface area contributed by atoms with Gasteiger partial charge in [-0.15, -0.1) is 0 Å². The Labute approximate surface area is 102 Å². The summed E-state index contributed by atoms with van der Waals surface area (Å²) in [6.07, 6.45) is 8.12. The fourth-order valence-corrected chi connectivity index (χ4v) is 2.75. The van der Waals surface area contributed by atoms with Crippen molar-refractivity contribution in [1.82, 2.24) is 4.98 Å². The van der Waals surface area contributed by atoms with Crippen molar-refractivity contribution in [3.63, 3.8) is 0 Å². The smallest absolute Gasteiger partial charge is 0.141 e. The summed E-state index contributed by atoms with van der Waals surface area (Å²) in [6.45, 7) is 1.78. The molecule has 1 fully saturated rings. The molecule has 1 N–H and O–H groups in total. The first-order valence-corrected chi connectivity index (χ1v) is 6.42. The number of halogens is 1. The standard InChI is InChI=1S/C14H20FNO/c1-14(17,9-11-5-3-2-4-6-11)13-8-7-12(15)10-16-13/h7-8,10-11,17H,2-6,9H2,1H3. The van der Waals surface area contributed by atoms with E-state index in [0.717, 1.165) is 6.42 Å². The lowest BCUT2D eigenvalue weighted by Crippen LogP contribution is -2.27. The lowest BCUT2D eigenvalue weighted by atomic mass is 9.80. The predicted octanol–water partition coefficient (Wildman–Crippen LogP) is 3.40. The fourth-order valence-electron chi connectivity index (χ4n) is 2.75. The lowest BCUT2D eigenvalue weighted by Gasteiger charge is -2.30. The Bertz CT molecular complexity index is 355. The minimum absolute atomic E-state index is 0.359. The first-order chi connectivity index (χ1) is 8.08. The number of hydrogen-bond donors (Lipinski definition) is 1. The van der Waals surface area contributed by atoms with Crippen LogP contribution in [0.15, 0.2) is 18.3 Å². The third-order valence-corrected chi connectivity index (χ3v) is 3.69. The summed E-state index contributed by atoms with van der Waals surface area (Å²) >= 11 is 0. The van der Waals surface area contributed by atoms with Crippen LogP contribution in [0.25, 0.3) is 0 Å². The van der Waals surface area contributed by atoms with E-state index in [1.165, 1.54) is 44.4 Å². The zero-order valence-electron chi connectivity index (χ0n) is 10.3. The van der Waals surface area contributed by atoms with Gasteiger partial charge in [-0.2, -0.15) is 0 Å². The van der Waals surface area contributed by atoms with Crippen LogP contribution < -0.4 is 0 Å². The molecule has 0 aromatic carbocycles. The number of aliphatic hydroxyl groups is 1. The van der Waals surface area contributed by atoms with Crippen LogP contribution in [-0.4, -0.2) is 10.1 Å². The van der Waals surface area contributed by atoms with Crippen molar-refractivity contribution in [2.24, 2.45) is 5.92 Å². The lowest BCUT2D eigenvalue weighted by molar-refractivity contribution is 0.0197. The van der Waals surface area contributed by atoms with Gasteiger partial charge >= 0.3 is 0 Å². The van der Waals surface area contributed by atoms with Crippen LogP contribution >= 0.6 is 0 Å². The molecule has 94 valence electrons. The number of pyridine rings is 1. The third-order valence-electron chi connectivity index (χ3n) is 3.69. The fraction of sp³-hybridized carbons (Fsp3) is 0.643. The zero-order chi connectivity index (χ0) is 12.3. The van der Waals surface area contributed by atoms with Gasteiger partial charge in [0.1, 0.15) is 11.4 Å². The van der Waals surface area contributed by atoms with E-state index in [9.17, 15) is 9.50 Å². The second kappa shape index (κ2) is 5.13. The molecule has 1 atom stereocenters. The zero-order valence-corrected chi connectivity index (χ0v) is 10.3. The highest BCUT2D eigenvalue weighted by atomic mass is 19.1. The SMILES string of the molecule is CC(O)(CC1CCCCC1)c1ccc(F)cn1. The number of nitrogens with zero attached hydrogens (tertiary/aromatic N) is 1. The van der Waals surface area contributed by atoms with Gasteiger partial charge in [0.05, 0.1) is 11.9 Å². The molecule has 1 aliphatic rings. The van der Waals surface area contributed by atoms with Crippen molar-refractivity contribution < 1.29 is 9.50 Å². The summed E-state index contributed by atoms with van der Waals surface area (Å²) in [7, 11) is 0. The largest absolute Gasteiger partial charge is 0.384 e. The van der Waals surface area contributed by atoms with E-state index in [2.05, 4.69) is 4.98 Å². The van der Waals surface area contributed by atoms with E-state index in [-0.39, 0.29) is 5.82 Å². The Hall–Kier alpha value is -0.960. The summed E-state index contributed by atoms with van der Waals surface area (Å²) in [6, 6.07) is 2.94. The number of rotatable bonds is 3. The first-order valence-electron chi connectivity index (χ1n) is 6.42. The van der Waals surface area contributed by atoms with Crippen molar-refractivity contribution in [2.45, 2.75) is 51.0 Å². The van der Waals surface area contributed by atoms with Gasteiger partial charge in [0.25, 0.3) is 0 Å². The van der Waals surface area contributed by atoms with Crippen LogP contribution in [0.3, 0.4) is 0 Å². The molecule has 1 aromatic rings. The number of hydrogen-bond acceptors (Lipinski definition) is 2. The van der Waals surface area contributed by atoms with E-state index < -0.39 is 5.60 Å². The average Bonchev–Trinajstić information content (AvgIpc) is 2.30. The summed E-state index contributed by atoms with van der Waals surface area (Å²) in [4.78, 5) is 3.99. The van der Waals surface area contributed by atoms with E-state index in [4.69, 9.17) is 0 Å². The topological polar surface area (TPSA) is 33.1 Å². The molecule has 1 saturated carbocycles. The maximum absolute atomic E-state index is 12.8. The van der Waals surface area contributed by atoms with Crippen molar-refractivity contribution in [2.75, 3.05) is 0 Å². The molecule has 1 heterocycles. The molecule has 1 unspecified atom stereocenters. The van der Waals surface area contributed by atoms with Crippen molar-refractivity contribution in [3.05, 3.63) is 29.8 Å². The van der Waals surface area contributed by atoms with Crippen molar-refractivity contribution >= 4 is 0 Å². The molecule has 0 saturated heterocycles. The quantitative estimate of drug-likeness (QED) is 0.874. The van der Waals surface area contributed by atoms with Gasteiger partial charge < -0.3 is 5.11 Å². The third kappa shape index (κ3) is 3.25. The van der Waals surface area contributed by atoms with Gasteiger partial charge in [0.2, 0.25) is 0 Å². The van der Waals surface area contributed by atoms with Crippen LogP contribution in [0.4, 0.5) is 4.39 Å². The second-order valence-corrected chi connectivity index (χ2v) is 5.34. The van der Waals surface area contributed by atoms with Gasteiger partial charge in [0, 0.05) is 0 Å². The molecule has 0 amide bonds. The highest BCUT2D eigenvalue weighted by Crippen LogP contribution is 2.34. The summed E-state index contributed by atoms with van der Waals surface area (Å²) in [5.41, 5.74) is -0.361. The summed E-state index contributed by atoms with van der Waals surface area (Å²) in [5, 5.41) is 10.4. The van der Waals surface area contributed by atoms with E-state index in [1.54, 1.807) is 13.0 Å². The molecule has 2 nitrogen and oxygen atoms in total. The molecule has 17 heavy (non-hydrogen) atoms.